The average Bonchev–Trinajstić information content (AvgIpc) is 1.68. The molecule has 28 heteroatoms. The zero-order valence-electron chi connectivity index (χ0n) is 72.5. The molecule has 0 bridgehead atoms. The molecule has 0 unspecified atom stereocenters. The van der Waals surface area contributed by atoms with Crippen LogP contribution in [-0.2, 0) is 32.7 Å². The van der Waals surface area contributed by atoms with Crippen molar-refractivity contribution < 1.29 is 29.0 Å². The number of aliphatic hydroxyl groups is 1. The van der Waals surface area contributed by atoms with Gasteiger partial charge in [-0.1, -0.05) is 97.1 Å². The third-order valence-corrected chi connectivity index (χ3v) is 21.9. The molecule has 0 aliphatic carbocycles. The monoisotopic (exact) mass is 1720 g/mol. The van der Waals surface area contributed by atoms with E-state index >= 15 is 0 Å². The van der Waals surface area contributed by atoms with Gasteiger partial charge < -0.3 is 51.5 Å². The number of carbonyl (C=O) groups excluding carboxylic acids is 4. The first-order chi connectivity index (χ1) is 62.7. The van der Waals surface area contributed by atoms with Gasteiger partial charge in [0.2, 0.25) is 0 Å². The van der Waals surface area contributed by atoms with Crippen LogP contribution in [0.2, 0.25) is 0 Å². The molecule has 17 aromatic rings. The summed E-state index contributed by atoms with van der Waals surface area (Å²) in [6.07, 6.45) is 17.1. The smallest absolute Gasteiger partial charge is 0.276 e. The topological polar surface area (TPSA) is 354 Å². The van der Waals surface area contributed by atoms with Crippen molar-refractivity contribution in [2.45, 2.75) is 58.1 Å². The van der Waals surface area contributed by atoms with E-state index in [-0.39, 0.29) is 29.7 Å². The molecule has 0 saturated carbocycles. The van der Waals surface area contributed by atoms with E-state index in [9.17, 15) is 24.3 Å². The highest BCUT2D eigenvalue weighted by Crippen LogP contribution is 2.34. The molecule has 0 atom stereocenters. The molecule has 129 heavy (non-hydrogen) atoms. The molecule has 2 aliphatic rings. The fourth-order valence-corrected chi connectivity index (χ4v) is 15.6. The van der Waals surface area contributed by atoms with E-state index in [0.717, 1.165) is 211 Å². The Kier molecular flexibility index (Phi) is 27.6. The maximum atomic E-state index is 13.1. The van der Waals surface area contributed by atoms with E-state index in [4.69, 9.17) is 10.5 Å². The molecular formula is C101H100N22O6. The Morgan fingerprint density at radius 1 is 0.357 bits per heavy atom. The molecule has 650 valence electrons. The van der Waals surface area contributed by atoms with Crippen LogP contribution < -0.4 is 31.7 Å². The van der Waals surface area contributed by atoms with Gasteiger partial charge in [-0.3, -0.25) is 69.3 Å². The standard InChI is InChI=1S/C28H32N6O2.C28H25N5O2.C26H28N6O.C19H15N5O/c1-33(2)17-19-4-3-5-23(13-19)30-28(36)27-25-14-21(6-7-26(25)31-32-27)22-12-20(15-29-16-22)18-34-10-8-24(35)9-11-34;1-33(2)18-19-7-6-8-22(13-19)30-28(34)27-25-15-20(11-12-26(25)31-32-27)21-14-24(17-29-16-21)35-23-9-4-3-5-10-23;1-31(2)16-18-5-3-6-22(12-18)28-26(33)25-23-13-20(7-8-24(23)29-30-25)21-11-19(14-27-15-21)17-32-9-4-10-32;20-14-8-13(10-21-11-14)12-6-7-17-16(9-12)18(24-23-17)19(25)22-15-4-2-1-3-5-15/h3-7,12-16,24,35H,8-11,17-18H2,1-2H3,(H,30,36)(H,31,32);3-17H,18H2,1-2H3,(H,30,34)(H,31,32);3,5-8,11-15H,4,9-10,16-17H2,1-2H3,(H,28,33)(H,29,30);1-11H,20H2,(H,22,25)(H,23,24). The van der Waals surface area contributed by atoms with Crippen molar-refractivity contribution in [2.24, 2.45) is 0 Å². The lowest BCUT2D eigenvalue weighted by atomic mass is 10.0. The van der Waals surface area contributed by atoms with Crippen molar-refractivity contribution in [2.75, 3.05) is 95.5 Å². The summed E-state index contributed by atoms with van der Waals surface area (Å²) in [4.78, 5) is 80.2. The zero-order chi connectivity index (χ0) is 89.3. The summed E-state index contributed by atoms with van der Waals surface area (Å²) in [6, 6.07) is 74.1. The van der Waals surface area contributed by atoms with Crippen molar-refractivity contribution in [3.05, 3.63) is 331 Å². The number of pyridine rings is 4. The second-order valence-electron chi connectivity index (χ2n) is 33.0. The average molecular weight is 1720 g/mol. The van der Waals surface area contributed by atoms with E-state index < -0.39 is 0 Å². The Balaban J connectivity index is 0.000000127. The van der Waals surface area contributed by atoms with Crippen molar-refractivity contribution in [1.29, 1.82) is 0 Å². The van der Waals surface area contributed by atoms with E-state index in [1.165, 1.54) is 12.0 Å². The maximum absolute atomic E-state index is 13.1. The number of hydrogen-bond donors (Lipinski definition) is 10. The van der Waals surface area contributed by atoms with Crippen LogP contribution in [0, 0.1) is 0 Å². The van der Waals surface area contributed by atoms with Crippen LogP contribution in [0.1, 0.15) is 89.0 Å². The summed E-state index contributed by atoms with van der Waals surface area (Å²) < 4.78 is 5.93. The number of benzene rings is 9. The fourth-order valence-electron chi connectivity index (χ4n) is 15.6. The number of fused-ring (bicyclic) bond motifs is 4. The first kappa shape index (κ1) is 87.2. The van der Waals surface area contributed by atoms with E-state index in [0.29, 0.717) is 34.2 Å². The maximum Gasteiger partial charge on any atom is 0.276 e. The number of H-pyrrole nitrogens is 4. The van der Waals surface area contributed by atoms with Gasteiger partial charge in [-0.05, 0) is 258 Å². The number of nitrogen functional groups attached to an aromatic ring is 1. The largest absolute Gasteiger partial charge is 0.456 e. The van der Waals surface area contributed by atoms with Crippen molar-refractivity contribution >= 4 is 95.7 Å². The number of anilines is 5. The highest BCUT2D eigenvalue weighted by atomic mass is 16.5. The molecule has 9 aromatic carbocycles. The minimum absolute atomic E-state index is 0.180. The summed E-state index contributed by atoms with van der Waals surface area (Å²) in [5, 5.41) is 53.5. The number of aliphatic hydroxyl groups excluding tert-OH is 1. The Labute approximate surface area is 746 Å². The van der Waals surface area contributed by atoms with Gasteiger partial charge in [0.15, 0.2) is 22.8 Å². The number of rotatable bonds is 24. The van der Waals surface area contributed by atoms with Crippen LogP contribution in [0.25, 0.3) is 88.1 Å². The lowest BCUT2D eigenvalue weighted by molar-refractivity contribution is 0.0792. The summed E-state index contributed by atoms with van der Waals surface area (Å²) in [6.45, 7) is 8.22. The molecule has 8 aromatic heterocycles. The molecular weight excluding hydrogens is 1620 g/mol. The molecule has 28 nitrogen and oxygen atoms in total. The van der Waals surface area contributed by atoms with Crippen LogP contribution in [0.4, 0.5) is 28.4 Å². The van der Waals surface area contributed by atoms with E-state index in [1.807, 2.05) is 279 Å². The van der Waals surface area contributed by atoms with Crippen molar-refractivity contribution in [3.63, 3.8) is 0 Å². The van der Waals surface area contributed by atoms with E-state index in [1.54, 1.807) is 24.8 Å². The van der Waals surface area contributed by atoms with Crippen LogP contribution in [-0.4, -0.2) is 189 Å². The number of aromatic amines is 4. The summed E-state index contributed by atoms with van der Waals surface area (Å²) in [7, 11) is 12.1. The highest BCUT2D eigenvalue weighted by molar-refractivity contribution is 6.15. The SMILES string of the molecule is CN(C)Cc1cccc(NC(=O)c2n[nH]c3ccc(-c4cncc(CN5CCC(O)CC5)c4)cc23)c1.CN(C)Cc1cccc(NC(=O)c2n[nH]c3ccc(-c4cncc(CN5CCC5)c4)cc23)c1.CN(C)Cc1cccc(NC(=O)c2n[nH]c3ccc(-c4cncc(Oc5ccccc5)c4)cc23)c1.Nc1cncc(-c2ccc3[nH]nc(C(=O)Nc4ccccc4)c3c2)c1. The third kappa shape index (κ3) is 22.7. The quantitative estimate of drug-likeness (QED) is 0.0269. The zero-order valence-corrected chi connectivity index (χ0v) is 72.5. The molecule has 2 saturated heterocycles. The predicted molar refractivity (Wildman–Crippen MR) is 508 cm³/mol. The Morgan fingerprint density at radius 2 is 0.698 bits per heavy atom. The number of hydrogen-bond acceptors (Lipinski definition) is 20. The van der Waals surface area contributed by atoms with Gasteiger partial charge in [-0.25, -0.2) is 0 Å². The minimum atomic E-state index is -0.269. The lowest BCUT2D eigenvalue weighted by Gasteiger charge is -2.30. The summed E-state index contributed by atoms with van der Waals surface area (Å²) >= 11 is 0. The summed E-state index contributed by atoms with van der Waals surface area (Å²) in [5.41, 5.74) is 27.3. The number of likely N-dealkylation sites (tertiary alicyclic amines) is 2. The highest BCUT2D eigenvalue weighted by Gasteiger charge is 2.24. The Hall–Kier alpha value is -15.3. The molecule has 4 amide bonds. The van der Waals surface area contributed by atoms with Gasteiger partial charge >= 0.3 is 0 Å². The second-order valence-corrected chi connectivity index (χ2v) is 33.0. The number of aromatic nitrogens is 12. The van der Waals surface area contributed by atoms with Crippen LogP contribution in [0.3, 0.4) is 0 Å². The normalized spacial score (nSPS) is 12.8. The molecule has 0 spiro atoms. The fraction of sp³-hybridized carbons (Fsp3) is 0.188. The van der Waals surface area contributed by atoms with Gasteiger partial charge in [-0.2, -0.15) is 20.4 Å². The molecule has 0 radical (unpaired) electrons. The van der Waals surface area contributed by atoms with Gasteiger partial charge in [0.25, 0.3) is 23.6 Å². The van der Waals surface area contributed by atoms with Crippen molar-refractivity contribution in [1.82, 2.24) is 85.2 Å². The van der Waals surface area contributed by atoms with Gasteiger partial charge in [0, 0.05) is 156 Å². The molecule has 19 rings (SSSR count). The number of ether oxygens (including phenoxy) is 1. The predicted octanol–water partition coefficient (Wildman–Crippen LogP) is 17.2. The number of nitrogens with two attached hydrogens (primary N) is 1. The number of amides is 4. The van der Waals surface area contributed by atoms with Crippen LogP contribution >= 0.6 is 0 Å². The number of para-hydroxylation sites is 2. The van der Waals surface area contributed by atoms with Crippen LogP contribution in [0.5, 0.6) is 11.5 Å². The van der Waals surface area contributed by atoms with Gasteiger partial charge in [0.05, 0.1) is 40.1 Å². The number of carbonyl (C=O) groups is 4. The Bertz CT molecular complexity index is 6800. The molecule has 11 N–H and O–H groups in total. The lowest BCUT2D eigenvalue weighted by Crippen LogP contribution is -2.36. The number of nitrogens with zero attached hydrogens (tertiary/aromatic N) is 13. The van der Waals surface area contributed by atoms with Gasteiger partial charge in [0.1, 0.15) is 11.5 Å². The van der Waals surface area contributed by atoms with Crippen molar-refractivity contribution in [3.8, 4) is 56.0 Å². The first-order valence-electron chi connectivity index (χ1n) is 42.6. The number of nitrogens with one attached hydrogen (secondary N) is 8. The first-order valence-corrected chi connectivity index (χ1v) is 42.6. The van der Waals surface area contributed by atoms with E-state index in [2.05, 4.69) is 125 Å². The Morgan fingerprint density at radius 3 is 1.07 bits per heavy atom. The minimum Gasteiger partial charge on any atom is -0.456 e. The summed E-state index contributed by atoms with van der Waals surface area (Å²) in [5.74, 6) is 0.363. The molecule has 2 aliphatic heterocycles. The van der Waals surface area contributed by atoms with Crippen LogP contribution in [0.15, 0.2) is 280 Å². The van der Waals surface area contributed by atoms with Gasteiger partial charge in [-0.15, -0.1) is 0 Å². The number of piperidine rings is 1. The molecule has 2 fully saturated rings. The third-order valence-electron chi connectivity index (χ3n) is 21.9. The molecule has 10 heterocycles. The second kappa shape index (κ2) is 40.8.